The Hall–Kier alpha value is -2.61. The maximum absolute atomic E-state index is 11.7. The average Bonchev–Trinajstić information content (AvgIpc) is 2.72. The molecule has 0 aliphatic rings. The predicted octanol–water partition coefficient (Wildman–Crippen LogP) is 3.18. The summed E-state index contributed by atoms with van der Waals surface area (Å²) in [6.45, 7) is 1.17. The Morgan fingerprint density at radius 2 is 1.93 bits per heavy atom. The van der Waals surface area contributed by atoms with Crippen LogP contribution in [-0.2, 0) is 20.9 Å². The molecule has 0 saturated heterocycles. The van der Waals surface area contributed by atoms with Crippen molar-refractivity contribution in [3.8, 4) is 5.75 Å². The van der Waals surface area contributed by atoms with Crippen LogP contribution in [0.15, 0.2) is 47.6 Å². The number of amides is 2. The summed E-state index contributed by atoms with van der Waals surface area (Å²) in [5, 5.41) is 7.21. The molecule has 2 rings (SSSR count). The Bertz CT molecular complexity index is 875. The number of nitrogens with zero attached hydrogens (tertiary/aromatic N) is 1. The zero-order valence-corrected chi connectivity index (χ0v) is 17.3. The fourth-order valence-electron chi connectivity index (χ4n) is 2.20. The maximum atomic E-state index is 11.7. The standard InChI is InChI=1S/C20H21Cl2N3O4/c1-28-9-3-8-23-19(26)20(27)25-24-12-14-4-2-5-16(10-14)29-13-15-6-7-17(21)18(22)11-15/h2,4-7,10-12H,3,8-9,13H2,1H3,(H,23,26)(H,25,27)/b24-12-. The van der Waals surface area contributed by atoms with Crippen LogP contribution >= 0.6 is 23.2 Å². The fourth-order valence-corrected chi connectivity index (χ4v) is 2.52. The molecule has 0 atom stereocenters. The number of rotatable bonds is 9. The molecule has 2 N–H and O–H groups in total. The van der Waals surface area contributed by atoms with Crippen LogP contribution in [0.4, 0.5) is 0 Å². The third-order valence-corrected chi connectivity index (χ3v) is 4.38. The molecule has 154 valence electrons. The van der Waals surface area contributed by atoms with Crippen molar-refractivity contribution in [1.82, 2.24) is 10.7 Å². The molecule has 2 aromatic rings. The number of nitrogens with one attached hydrogen (secondary N) is 2. The van der Waals surface area contributed by atoms with E-state index in [-0.39, 0.29) is 0 Å². The molecule has 0 heterocycles. The topological polar surface area (TPSA) is 89.0 Å². The first-order valence-electron chi connectivity index (χ1n) is 8.76. The molecular weight excluding hydrogens is 417 g/mol. The van der Waals surface area contributed by atoms with Crippen molar-refractivity contribution in [3.63, 3.8) is 0 Å². The van der Waals surface area contributed by atoms with Gasteiger partial charge in [-0.15, -0.1) is 0 Å². The van der Waals surface area contributed by atoms with Crippen LogP contribution in [0, 0.1) is 0 Å². The highest BCUT2D eigenvalue weighted by Crippen LogP contribution is 2.23. The van der Waals surface area contributed by atoms with E-state index in [0.29, 0.717) is 47.5 Å². The molecule has 9 heteroatoms. The molecule has 0 bridgehead atoms. The van der Waals surface area contributed by atoms with Gasteiger partial charge in [-0.25, -0.2) is 5.43 Å². The van der Waals surface area contributed by atoms with E-state index in [2.05, 4.69) is 15.8 Å². The van der Waals surface area contributed by atoms with Crippen LogP contribution in [0.25, 0.3) is 0 Å². The molecule has 0 spiro atoms. The van der Waals surface area contributed by atoms with Crippen molar-refractivity contribution in [1.29, 1.82) is 0 Å². The second kappa shape index (κ2) is 12.1. The third kappa shape index (κ3) is 8.11. The van der Waals surface area contributed by atoms with Gasteiger partial charge in [-0.2, -0.15) is 5.10 Å². The predicted molar refractivity (Wildman–Crippen MR) is 112 cm³/mol. The zero-order chi connectivity index (χ0) is 21.1. The molecule has 2 amide bonds. The Labute approximate surface area is 179 Å². The highest BCUT2D eigenvalue weighted by molar-refractivity contribution is 6.42. The third-order valence-electron chi connectivity index (χ3n) is 3.64. The second-order valence-electron chi connectivity index (χ2n) is 5.91. The van der Waals surface area contributed by atoms with Crippen LogP contribution in [-0.4, -0.2) is 38.3 Å². The van der Waals surface area contributed by atoms with E-state index in [4.69, 9.17) is 32.7 Å². The van der Waals surface area contributed by atoms with Gasteiger partial charge in [-0.05, 0) is 41.8 Å². The van der Waals surface area contributed by atoms with Crippen molar-refractivity contribution in [3.05, 3.63) is 63.6 Å². The van der Waals surface area contributed by atoms with Gasteiger partial charge < -0.3 is 14.8 Å². The van der Waals surface area contributed by atoms with Crippen LogP contribution in [0.5, 0.6) is 5.75 Å². The van der Waals surface area contributed by atoms with E-state index < -0.39 is 11.8 Å². The number of benzene rings is 2. The highest BCUT2D eigenvalue weighted by atomic mass is 35.5. The summed E-state index contributed by atoms with van der Waals surface area (Å²) in [4.78, 5) is 23.3. The minimum absolute atomic E-state index is 0.317. The summed E-state index contributed by atoms with van der Waals surface area (Å²) in [6.07, 6.45) is 2.04. The van der Waals surface area contributed by atoms with E-state index in [1.165, 1.54) is 6.21 Å². The monoisotopic (exact) mass is 437 g/mol. The van der Waals surface area contributed by atoms with Crippen molar-refractivity contribution in [2.24, 2.45) is 5.10 Å². The van der Waals surface area contributed by atoms with E-state index in [0.717, 1.165) is 5.56 Å². The first-order valence-corrected chi connectivity index (χ1v) is 9.52. The lowest BCUT2D eigenvalue weighted by atomic mass is 10.2. The van der Waals surface area contributed by atoms with Gasteiger partial charge in [-0.1, -0.05) is 41.4 Å². The van der Waals surface area contributed by atoms with Crippen molar-refractivity contribution < 1.29 is 19.1 Å². The molecule has 0 fully saturated rings. The molecule has 0 radical (unpaired) electrons. The molecule has 7 nitrogen and oxygen atoms in total. The Morgan fingerprint density at radius 1 is 1.10 bits per heavy atom. The number of carbonyl (C=O) groups excluding carboxylic acids is 2. The molecule has 2 aromatic carbocycles. The summed E-state index contributed by atoms with van der Waals surface area (Å²) in [6, 6.07) is 12.4. The first kappa shape index (κ1) is 22.7. The van der Waals surface area contributed by atoms with Gasteiger partial charge in [0.2, 0.25) is 0 Å². The summed E-state index contributed by atoms with van der Waals surface area (Å²) >= 11 is 11.9. The van der Waals surface area contributed by atoms with Crippen molar-refractivity contribution >= 4 is 41.2 Å². The minimum Gasteiger partial charge on any atom is -0.489 e. The average molecular weight is 438 g/mol. The normalized spacial score (nSPS) is 10.7. The van der Waals surface area contributed by atoms with Crippen molar-refractivity contribution in [2.75, 3.05) is 20.3 Å². The number of carbonyl (C=O) groups is 2. The molecule has 29 heavy (non-hydrogen) atoms. The number of methoxy groups -OCH3 is 1. The lowest BCUT2D eigenvalue weighted by Gasteiger charge is -2.08. The smallest absolute Gasteiger partial charge is 0.329 e. The number of halogens is 2. The Kier molecular flexibility index (Phi) is 9.43. The Morgan fingerprint density at radius 3 is 2.69 bits per heavy atom. The van der Waals surface area contributed by atoms with E-state index in [9.17, 15) is 9.59 Å². The zero-order valence-electron chi connectivity index (χ0n) is 15.8. The summed E-state index contributed by atoms with van der Waals surface area (Å²) in [7, 11) is 1.57. The minimum atomic E-state index is -0.842. The van der Waals surface area contributed by atoms with Gasteiger partial charge in [0.1, 0.15) is 12.4 Å². The van der Waals surface area contributed by atoms with Gasteiger partial charge >= 0.3 is 11.8 Å². The second-order valence-corrected chi connectivity index (χ2v) is 6.73. The van der Waals surface area contributed by atoms with Gasteiger partial charge in [0.15, 0.2) is 0 Å². The van der Waals surface area contributed by atoms with E-state index in [1.807, 2.05) is 6.07 Å². The van der Waals surface area contributed by atoms with Gasteiger partial charge in [-0.3, -0.25) is 9.59 Å². The molecule has 0 aliphatic heterocycles. The number of hydrazone groups is 1. The maximum Gasteiger partial charge on any atom is 0.329 e. The lowest BCUT2D eigenvalue weighted by Crippen LogP contribution is -2.38. The first-order chi connectivity index (χ1) is 14.0. The highest BCUT2D eigenvalue weighted by Gasteiger charge is 2.11. The molecular formula is C20H21Cl2N3O4. The van der Waals surface area contributed by atoms with Gasteiger partial charge in [0.25, 0.3) is 0 Å². The van der Waals surface area contributed by atoms with Crippen LogP contribution in [0.1, 0.15) is 17.5 Å². The van der Waals surface area contributed by atoms with Crippen molar-refractivity contribution in [2.45, 2.75) is 13.0 Å². The Balaban J connectivity index is 1.83. The largest absolute Gasteiger partial charge is 0.489 e. The van der Waals surface area contributed by atoms with Gasteiger partial charge in [0, 0.05) is 20.3 Å². The summed E-state index contributed by atoms with van der Waals surface area (Å²) in [5.41, 5.74) is 3.75. The van der Waals surface area contributed by atoms with E-state index in [1.54, 1.807) is 43.5 Å². The number of hydrogen-bond donors (Lipinski definition) is 2. The number of hydrogen-bond acceptors (Lipinski definition) is 5. The van der Waals surface area contributed by atoms with Crippen LogP contribution < -0.4 is 15.5 Å². The molecule has 0 unspecified atom stereocenters. The van der Waals surface area contributed by atoms with Crippen LogP contribution in [0.3, 0.4) is 0 Å². The molecule has 0 aromatic heterocycles. The lowest BCUT2D eigenvalue weighted by molar-refractivity contribution is -0.139. The molecule has 0 aliphatic carbocycles. The SMILES string of the molecule is COCCCNC(=O)C(=O)N/N=C\c1cccc(OCc2ccc(Cl)c(Cl)c2)c1. The summed E-state index contributed by atoms with van der Waals surface area (Å²) in [5.74, 6) is -0.982. The number of ether oxygens (including phenoxy) is 2. The molecule has 0 saturated carbocycles. The quantitative estimate of drug-likeness (QED) is 0.273. The summed E-state index contributed by atoms with van der Waals surface area (Å²) < 4.78 is 10.6. The van der Waals surface area contributed by atoms with E-state index >= 15 is 0 Å². The van der Waals surface area contributed by atoms with Crippen LogP contribution in [0.2, 0.25) is 10.0 Å². The van der Waals surface area contributed by atoms with Gasteiger partial charge in [0.05, 0.1) is 16.3 Å². The fraction of sp³-hybridized carbons (Fsp3) is 0.250.